The second-order valence-electron chi connectivity index (χ2n) is 4.41. The molecular formula is C15H15Br2NO2S. The summed E-state index contributed by atoms with van der Waals surface area (Å²) in [6.45, 7) is 4.27. The molecule has 1 aromatic carbocycles. The van der Waals surface area contributed by atoms with Crippen LogP contribution in [0.25, 0.3) is 0 Å². The molecule has 6 heteroatoms. The predicted molar refractivity (Wildman–Crippen MR) is 94.2 cm³/mol. The van der Waals surface area contributed by atoms with Crippen LogP contribution in [-0.2, 0) is 4.74 Å². The van der Waals surface area contributed by atoms with E-state index in [0.717, 1.165) is 14.6 Å². The summed E-state index contributed by atoms with van der Waals surface area (Å²) in [5, 5.41) is 5.49. The number of halogens is 2. The highest BCUT2D eigenvalue weighted by atomic mass is 79.9. The number of thiophene rings is 1. The van der Waals surface area contributed by atoms with E-state index in [9.17, 15) is 4.79 Å². The maximum absolute atomic E-state index is 11.7. The van der Waals surface area contributed by atoms with Crippen LogP contribution in [0.4, 0.5) is 5.69 Å². The molecule has 0 bridgehead atoms. The van der Waals surface area contributed by atoms with Gasteiger partial charge in [-0.05, 0) is 75.4 Å². The second kappa shape index (κ2) is 7.42. The van der Waals surface area contributed by atoms with Crippen molar-refractivity contribution in [2.45, 2.75) is 19.9 Å². The van der Waals surface area contributed by atoms with Gasteiger partial charge in [0.05, 0.1) is 18.2 Å². The van der Waals surface area contributed by atoms with Crippen LogP contribution in [0.1, 0.15) is 35.1 Å². The first-order valence-corrected chi connectivity index (χ1v) is 8.95. The molecule has 0 radical (unpaired) electrons. The van der Waals surface area contributed by atoms with Gasteiger partial charge in [-0.1, -0.05) is 0 Å². The minimum Gasteiger partial charge on any atom is -0.462 e. The van der Waals surface area contributed by atoms with Gasteiger partial charge in [0.2, 0.25) is 0 Å². The summed E-state index contributed by atoms with van der Waals surface area (Å²) in [6, 6.07) is 7.63. The molecule has 0 aliphatic carbocycles. The normalized spacial score (nSPS) is 12.0. The van der Waals surface area contributed by atoms with Crippen LogP contribution >= 0.6 is 43.2 Å². The smallest absolute Gasteiger partial charge is 0.338 e. The Labute approximate surface area is 145 Å². The van der Waals surface area contributed by atoms with Crippen molar-refractivity contribution < 1.29 is 9.53 Å². The minimum absolute atomic E-state index is 0.170. The first-order valence-electron chi connectivity index (χ1n) is 6.49. The molecule has 0 amide bonds. The Morgan fingerprint density at radius 2 is 2.10 bits per heavy atom. The van der Waals surface area contributed by atoms with Gasteiger partial charge in [-0.15, -0.1) is 11.3 Å². The molecule has 0 saturated carbocycles. The van der Waals surface area contributed by atoms with Crippen LogP contribution in [0.15, 0.2) is 38.6 Å². The molecule has 1 N–H and O–H groups in total. The topological polar surface area (TPSA) is 38.3 Å². The van der Waals surface area contributed by atoms with E-state index < -0.39 is 0 Å². The average molecular weight is 433 g/mol. The fraction of sp³-hybridized carbons (Fsp3) is 0.267. The van der Waals surface area contributed by atoms with Gasteiger partial charge in [0.15, 0.2) is 0 Å². The summed E-state index contributed by atoms with van der Waals surface area (Å²) in [7, 11) is 0. The third-order valence-corrected chi connectivity index (χ3v) is 5.60. The lowest BCUT2D eigenvalue weighted by Gasteiger charge is -2.16. The highest BCUT2D eigenvalue weighted by Crippen LogP contribution is 2.33. The molecule has 1 aromatic heterocycles. The van der Waals surface area contributed by atoms with Crippen LogP contribution in [0.5, 0.6) is 0 Å². The lowest BCUT2D eigenvalue weighted by Crippen LogP contribution is -2.08. The number of anilines is 1. The predicted octanol–water partition coefficient (Wildman–Crippen LogP) is 5.62. The number of nitrogens with one attached hydrogen (secondary N) is 1. The van der Waals surface area contributed by atoms with E-state index in [0.29, 0.717) is 12.2 Å². The largest absolute Gasteiger partial charge is 0.462 e. The molecule has 1 unspecified atom stereocenters. The Balaban J connectivity index is 2.14. The summed E-state index contributed by atoms with van der Waals surface area (Å²) < 4.78 is 6.94. The van der Waals surface area contributed by atoms with Crippen molar-refractivity contribution in [2.75, 3.05) is 11.9 Å². The summed E-state index contributed by atoms with van der Waals surface area (Å²) in [5.74, 6) is -0.307. The Morgan fingerprint density at radius 1 is 1.33 bits per heavy atom. The first kappa shape index (κ1) is 16.5. The van der Waals surface area contributed by atoms with E-state index in [2.05, 4.69) is 49.5 Å². The lowest BCUT2D eigenvalue weighted by molar-refractivity contribution is 0.0526. The van der Waals surface area contributed by atoms with Crippen molar-refractivity contribution in [3.05, 3.63) is 49.0 Å². The van der Waals surface area contributed by atoms with Crippen molar-refractivity contribution in [2.24, 2.45) is 0 Å². The Morgan fingerprint density at radius 3 is 2.67 bits per heavy atom. The highest BCUT2D eigenvalue weighted by Gasteiger charge is 2.14. The van der Waals surface area contributed by atoms with Crippen LogP contribution in [0.2, 0.25) is 0 Å². The summed E-state index contributed by atoms with van der Waals surface area (Å²) in [6.07, 6.45) is 0. The maximum atomic E-state index is 11.7. The van der Waals surface area contributed by atoms with Gasteiger partial charge in [-0.2, -0.15) is 0 Å². The van der Waals surface area contributed by atoms with Gasteiger partial charge < -0.3 is 10.1 Å². The average Bonchev–Trinajstić information content (AvgIpc) is 2.87. The fourth-order valence-electron chi connectivity index (χ4n) is 1.89. The monoisotopic (exact) mass is 431 g/mol. The Hall–Kier alpha value is -0.850. The lowest BCUT2D eigenvalue weighted by atomic mass is 10.2. The van der Waals surface area contributed by atoms with Crippen molar-refractivity contribution in [3.63, 3.8) is 0 Å². The molecule has 112 valence electrons. The number of benzene rings is 1. The molecule has 0 aliphatic heterocycles. The number of hydrogen-bond donors (Lipinski definition) is 1. The number of hydrogen-bond acceptors (Lipinski definition) is 4. The second-order valence-corrected chi connectivity index (χ2v) is 7.07. The molecule has 3 nitrogen and oxygen atoms in total. The minimum atomic E-state index is -0.307. The van der Waals surface area contributed by atoms with Gasteiger partial charge in [0.1, 0.15) is 0 Å². The van der Waals surface area contributed by atoms with Crippen LogP contribution in [0, 0.1) is 0 Å². The standard InChI is InChI=1S/C15H15Br2NO2S/c1-3-20-15(19)10-4-5-13(12(17)8-10)18-9(2)14-11(16)6-7-21-14/h4-9,18H,3H2,1-2H3. The molecule has 1 atom stereocenters. The van der Waals surface area contributed by atoms with E-state index in [4.69, 9.17) is 4.74 Å². The first-order chi connectivity index (χ1) is 10.0. The van der Waals surface area contributed by atoms with E-state index >= 15 is 0 Å². The molecule has 2 aromatic rings. The quantitative estimate of drug-likeness (QED) is 0.622. The number of carbonyl (C=O) groups is 1. The summed E-state index contributed by atoms with van der Waals surface area (Å²) in [5.41, 5.74) is 1.48. The zero-order valence-corrected chi connectivity index (χ0v) is 15.6. The third-order valence-electron chi connectivity index (χ3n) is 2.89. The Kier molecular flexibility index (Phi) is 5.84. The van der Waals surface area contributed by atoms with Crippen LogP contribution < -0.4 is 5.32 Å². The SMILES string of the molecule is CCOC(=O)c1ccc(NC(C)c2sccc2Br)c(Br)c1. The van der Waals surface area contributed by atoms with Crippen molar-refractivity contribution in [1.29, 1.82) is 0 Å². The Bertz CT molecular complexity index is 642. The zero-order chi connectivity index (χ0) is 15.4. The fourth-order valence-corrected chi connectivity index (χ4v) is 4.11. The molecule has 1 heterocycles. The van der Waals surface area contributed by atoms with Gasteiger partial charge in [0, 0.05) is 19.5 Å². The highest BCUT2D eigenvalue weighted by molar-refractivity contribution is 9.11. The molecule has 0 spiro atoms. The van der Waals surface area contributed by atoms with E-state index in [1.54, 1.807) is 30.4 Å². The third kappa shape index (κ3) is 4.08. The number of rotatable bonds is 5. The van der Waals surface area contributed by atoms with Gasteiger partial charge >= 0.3 is 5.97 Å². The number of carbonyl (C=O) groups excluding carboxylic acids is 1. The van der Waals surface area contributed by atoms with E-state index in [1.165, 1.54) is 4.88 Å². The number of ether oxygens (including phenoxy) is 1. The zero-order valence-electron chi connectivity index (χ0n) is 11.7. The molecule has 0 fully saturated rings. The van der Waals surface area contributed by atoms with Crippen LogP contribution in [-0.4, -0.2) is 12.6 Å². The van der Waals surface area contributed by atoms with Crippen molar-refractivity contribution in [3.8, 4) is 0 Å². The van der Waals surface area contributed by atoms with Gasteiger partial charge in [-0.25, -0.2) is 4.79 Å². The maximum Gasteiger partial charge on any atom is 0.338 e. The molecule has 0 aliphatic rings. The summed E-state index contributed by atoms with van der Waals surface area (Å²) >= 11 is 8.74. The molecule has 2 rings (SSSR count). The van der Waals surface area contributed by atoms with Gasteiger partial charge in [-0.3, -0.25) is 0 Å². The van der Waals surface area contributed by atoms with Crippen molar-refractivity contribution in [1.82, 2.24) is 0 Å². The van der Waals surface area contributed by atoms with E-state index in [-0.39, 0.29) is 12.0 Å². The number of esters is 1. The van der Waals surface area contributed by atoms with Crippen LogP contribution in [0.3, 0.4) is 0 Å². The van der Waals surface area contributed by atoms with E-state index in [1.807, 2.05) is 12.1 Å². The van der Waals surface area contributed by atoms with Crippen molar-refractivity contribution >= 4 is 54.9 Å². The molecule has 21 heavy (non-hydrogen) atoms. The summed E-state index contributed by atoms with van der Waals surface area (Å²) in [4.78, 5) is 12.9. The molecule has 0 saturated heterocycles. The molecular weight excluding hydrogens is 418 g/mol. The van der Waals surface area contributed by atoms with Gasteiger partial charge in [0.25, 0.3) is 0 Å².